The Kier molecular flexibility index (Phi) is 4.63. The SMILES string of the molecule is CC1CN(c2ccc(/C=C/C(=O)O)cc2F)CC(C)N1C. The number of benzene rings is 1. The van der Waals surface area contributed by atoms with Gasteiger partial charge in [0.25, 0.3) is 0 Å². The number of anilines is 1. The van der Waals surface area contributed by atoms with E-state index in [1.165, 1.54) is 12.1 Å². The van der Waals surface area contributed by atoms with E-state index in [0.717, 1.165) is 19.2 Å². The van der Waals surface area contributed by atoms with E-state index in [2.05, 4.69) is 30.7 Å². The van der Waals surface area contributed by atoms with E-state index in [0.29, 0.717) is 23.3 Å². The summed E-state index contributed by atoms with van der Waals surface area (Å²) in [5.74, 6) is -1.35. The number of halogens is 1. The fraction of sp³-hybridized carbons (Fsp3) is 0.438. The normalized spacial score (nSPS) is 23.7. The van der Waals surface area contributed by atoms with Gasteiger partial charge in [0.15, 0.2) is 0 Å². The molecular weight excluding hydrogens is 271 g/mol. The van der Waals surface area contributed by atoms with Gasteiger partial charge in [-0.2, -0.15) is 0 Å². The minimum atomic E-state index is -1.04. The molecule has 1 aliphatic heterocycles. The van der Waals surface area contributed by atoms with Crippen LogP contribution in [0.15, 0.2) is 24.3 Å². The molecule has 0 amide bonds. The summed E-state index contributed by atoms with van der Waals surface area (Å²) < 4.78 is 14.3. The molecule has 21 heavy (non-hydrogen) atoms. The Morgan fingerprint density at radius 3 is 2.48 bits per heavy atom. The van der Waals surface area contributed by atoms with E-state index >= 15 is 0 Å². The molecule has 1 aromatic rings. The number of carboxylic acids is 1. The number of hydrogen-bond donors (Lipinski definition) is 1. The Morgan fingerprint density at radius 1 is 1.33 bits per heavy atom. The molecular formula is C16H21FN2O2. The zero-order valence-electron chi connectivity index (χ0n) is 12.6. The molecule has 0 aromatic heterocycles. The molecule has 2 unspecified atom stereocenters. The van der Waals surface area contributed by atoms with Gasteiger partial charge in [0.1, 0.15) is 5.82 Å². The van der Waals surface area contributed by atoms with Gasteiger partial charge in [-0.25, -0.2) is 9.18 Å². The Hall–Kier alpha value is -1.88. The van der Waals surface area contributed by atoms with Gasteiger partial charge in [0, 0.05) is 31.2 Å². The van der Waals surface area contributed by atoms with Crippen molar-refractivity contribution in [3.8, 4) is 0 Å². The number of nitrogens with zero attached hydrogens (tertiary/aromatic N) is 2. The molecule has 5 heteroatoms. The van der Waals surface area contributed by atoms with E-state index in [1.807, 2.05) is 0 Å². The quantitative estimate of drug-likeness (QED) is 0.869. The van der Waals surface area contributed by atoms with E-state index in [4.69, 9.17) is 5.11 Å². The van der Waals surface area contributed by atoms with Crippen molar-refractivity contribution in [1.82, 2.24) is 4.90 Å². The summed E-state index contributed by atoms with van der Waals surface area (Å²) in [6, 6.07) is 5.56. The summed E-state index contributed by atoms with van der Waals surface area (Å²) in [6.45, 7) is 5.82. The zero-order valence-corrected chi connectivity index (χ0v) is 12.6. The fourth-order valence-corrected chi connectivity index (χ4v) is 2.65. The molecule has 1 aromatic carbocycles. The van der Waals surface area contributed by atoms with Crippen LogP contribution < -0.4 is 4.90 Å². The second-order valence-corrected chi connectivity index (χ2v) is 5.65. The Balaban J connectivity index is 2.19. The highest BCUT2D eigenvalue weighted by Crippen LogP contribution is 2.25. The molecule has 0 saturated carbocycles. The number of aliphatic carboxylic acids is 1. The van der Waals surface area contributed by atoms with Crippen LogP contribution in [0.2, 0.25) is 0 Å². The van der Waals surface area contributed by atoms with Crippen molar-refractivity contribution in [2.24, 2.45) is 0 Å². The highest BCUT2D eigenvalue weighted by atomic mass is 19.1. The number of hydrogen-bond acceptors (Lipinski definition) is 3. The number of rotatable bonds is 3. The van der Waals surface area contributed by atoms with E-state index in [1.54, 1.807) is 12.1 Å². The van der Waals surface area contributed by atoms with Crippen LogP contribution in [-0.4, -0.2) is 48.2 Å². The molecule has 0 bridgehead atoms. The minimum Gasteiger partial charge on any atom is -0.478 e. The van der Waals surface area contributed by atoms with E-state index in [-0.39, 0.29) is 5.82 Å². The summed E-state index contributed by atoms with van der Waals surface area (Å²) in [5, 5.41) is 8.59. The van der Waals surface area contributed by atoms with Gasteiger partial charge in [-0.3, -0.25) is 4.90 Å². The first-order chi connectivity index (χ1) is 9.88. The Labute approximate surface area is 124 Å². The van der Waals surface area contributed by atoms with Crippen LogP contribution in [0.3, 0.4) is 0 Å². The highest BCUT2D eigenvalue weighted by Gasteiger charge is 2.27. The van der Waals surface area contributed by atoms with Gasteiger partial charge in [-0.15, -0.1) is 0 Å². The maximum absolute atomic E-state index is 14.3. The number of piperazine rings is 1. The third kappa shape index (κ3) is 3.61. The number of carbonyl (C=O) groups is 1. The van der Waals surface area contributed by atoms with E-state index < -0.39 is 5.97 Å². The maximum atomic E-state index is 14.3. The molecule has 4 nitrogen and oxygen atoms in total. The smallest absolute Gasteiger partial charge is 0.328 e. The molecule has 1 N–H and O–H groups in total. The van der Waals surface area contributed by atoms with Gasteiger partial charge in [0.05, 0.1) is 5.69 Å². The van der Waals surface area contributed by atoms with Crippen molar-refractivity contribution in [2.75, 3.05) is 25.0 Å². The van der Waals surface area contributed by atoms with Crippen LogP contribution in [0, 0.1) is 5.82 Å². The predicted octanol–water partition coefficient (Wildman–Crippen LogP) is 2.45. The highest BCUT2D eigenvalue weighted by molar-refractivity contribution is 5.85. The van der Waals surface area contributed by atoms with Crippen LogP contribution in [-0.2, 0) is 4.79 Å². The topological polar surface area (TPSA) is 43.8 Å². The van der Waals surface area contributed by atoms with Crippen LogP contribution in [0.1, 0.15) is 19.4 Å². The van der Waals surface area contributed by atoms with Gasteiger partial charge in [0.2, 0.25) is 0 Å². The van der Waals surface area contributed by atoms with Crippen molar-refractivity contribution in [3.63, 3.8) is 0 Å². The molecule has 114 valence electrons. The predicted molar refractivity (Wildman–Crippen MR) is 82.0 cm³/mol. The summed E-state index contributed by atoms with van der Waals surface area (Å²) in [7, 11) is 2.09. The Morgan fingerprint density at radius 2 is 1.95 bits per heavy atom. The second kappa shape index (κ2) is 6.26. The third-order valence-corrected chi connectivity index (χ3v) is 4.09. The van der Waals surface area contributed by atoms with Crippen LogP contribution >= 0.6 is 0 Å². The molecule has 0 radical (unpaired) electrons. The lowest BCUT2D eigenvalue weighted by Crippen LogP contribution is -2.55. The molecule has 1 aliphatic rings. The molecule has 0 spiro atoms. The van der Waals surface area contributed by atoms with Crippen molar-refractivity contribution in [1.29, 1.82) is 0 Å². The number of carboxylic acid groups (broad SMARTS) is 1. The monoisotopic (exact) mass is 292 g/mol. The minimum absolute atomic E-state index is 0.313. The van der Waals surface area contributed by atoms with Crippen molar-refractivity contribution in [3.05, 3.63) is 35.7 Å². The third-order valence-electron chi connectivity index (χ3n) is 4.09. The summed E-state index contributed by atoms with van der Waals surface area (Å²) in [4.78, 5) is 14.8. The van der Waals surface area contributed by atoms with Crippen LogP contribution in [0.4, 0.5) is 10.1 Å². The lowest BCUT2D eigenvalue weighted by Gasteiger charge is -2.43. The Bertz CT molecular complexity index is 547. The molecule has 1 saturated heterocycles. The molecule has 2 atom stereocenters. The standard InChI is InChI=1S/C16H21FN2O2/c1-11-9-19(10-12(2)18(11)3)15-6-4-13(8-14(15)17)5-7-16(20)21/h4-8,11-12H,9-10H2,1-3H3,(H,20,21)/b7-5+. The van der Waals surface area contributed by atoms with Crippen molar-refractivity contribution in [2.45, 2.75) is 25.9 Å². The zero-order chi connectivity index (χ0) is 15.6. The molecule has 2 rings (SSSR count). The average molecular weight is 292 g/mol. The van der Waals surface area contributed by atoms with Crippen LogP contribution in [0.25, 0.3) is 6.08 Å². The maximum Gasteiger partial charge on any atom is 0.328 e. The van der Waals surface area contributed by atoms with Gasteiger partial charge in [-0.1, -0.05) is 6.07 Å². The van der Waals surface area contributed by atoms with Gasteiger partial charge in [-0.05, 0) is 44.7 Å². The van der Waals surface area contributed by atoms with Crippen LogP contribution in [0.5, 0.6) is 0 Å². The molecule has 1 heterocycles. The summed E-state index contributed by atoms with van der Waals surface area (Å²) in [5.41, 5.74) is 1.13. The summed E-state index contributed by atoms with van der Waals surface area (Å²) >= 11 is 0. The first-order valence-corrected chi connectivity index (χ1v) is 7.06. The van der Waals surface area contributed by atoms with Gasteiger partial charge < -0.3 is 10.0 Å². The largest absolute Gasteiger partial charge is 0.478 e. The molecule has 0 aliphatic carbocycles. The lowest BCUT2D eigenvalue weighted by molar-refractivity contribution is -0.131. The van der Waals surface area contributed by atoms with Crippen molar-refractivity contribution < 1.29 is 14.3 Å². The van der Waals surface area contributed by atoms with Crippen molar-refractivity contribution >= 4 is 17.7 Å². The first-order valence-electron chi connectivity index (χ1n) is 7.06. The fourth-order valence-electron chi connectivity index (χ4n) is 2.65. The van der Waals surface area contributed by atoms with E-state index in [9.17, 15) is 9.18 Å². The first kappa shape index (κ1) is 15.5. The van der Waals surface area contributed by atoms with Gasteiger partial charge >= 0.3 is 5.97 Å². The average Bonchev–Trinajstić information content (AvgIpc) is 2.42. The second-order valence-electron chi connectivity index (χ2n) is 5.65. The lowest BCUT2D eigenvalue weighted by atomic mass is 10.1. The molecule has 1 fully saturated rings. The number of likely N-dealkylation sites (N-methyl/N-ethyl adjacent to an activating group) is 1. The summed E-state index contributed by atoms with van der Waals surface area (Å²) in [6.07, 6.45) is 2.40.